The van der Waals surface area contributed by atoms with Crippen molar-refractivity contribution in [1.29, 1.82) is 0 Å². The van der Waals surface area contributed by atoms with Crippen molar-refractivity contribution in [2.45, 2.75) is 19.9 Å². The maximum absolute atomic E-state index is 5.67. The van der Waals surface area contributed by atoms with E-state index in [4.69, 9.17) is 5.84 Å². The molecule has 0 amide bonds. The van der Waals surface area contributed by atoms with E-state index in [1.807, 2.05) is 19.3 Å². The van der Waals surface area contributed by atoms with Crippen LogP contribution in [0.2, 0.25) is 0 Å². The third-order valence-corrected chi connectivity index (χ3v) is 4.24. The summed E-state index contributed by atoms with van der Waals surface area (Å²) in [4.78, 5) is 0. The predicted octanol–water partition coefficient (Wildman–Crippen LogP) is 2.35. The van der Waals surface area contributed by atoms with Gasteiger partial charge in [-0.25, -0.2) is 5.43 Å². The van der Waals surface area contributed by atoms with Gasteiger partial charge in [-0.15, -0.1) is 0 Å². The molecule has 18 heavy (non-hydrogen) atoms. The summed E-state index contributed by atoms with van der Waals surface area (Å²) in [6.45, 7) is 4.15. The lowest BCUT2D eigenvalue weighted by molar-refractivity contribution is 0.603. The van der Waals surface area contributed by atoms with E-state index in [1.165, 1.54) is 11.1 Å². The number of hydrogen-bond acceptors (Lipinski definition) is 3. The molecule has 96 valence electrons. The Morgan fingerprint density at radius 2 is 1.94 bits per heavy atom. The minimum Gasteiger partial charge on any atom is -0.275 e. The summed E-state index contributed by atoms with van der Waals surface area (Å²) in [5.74, 6) is 5.67. The molecule has 1 aromatic carbocycles. The van der Waals surface area contributed by atoms with E-state index >= 15 is 0 Å². The van der Waals surface area contributed by atoms with Crippen molar-refractivity contribution in [3.8, 4) is 0 Å². The van der Waals surface area contributed by atoms with E-state index in [0.29, 0.717) is 0 Å². The number of hydrazine groups is 1. The smallest absolute Gasteiger partial charge is 0.0900 e. The van der Waals surface area contributed by atoms with Crippen LogP contribution in [0, 0.1) is 13.8 Å². The van der Waals surface area contributed by atoms with Crippen LogP contribution in [-0.4, -0.2) is 9.78 Å². The number of halogens is 1. The first kappa shape index (κ1) is 13.3. The fraction of sp³-hybridized carbons (Fsp3) is 0.308. The molecule has 0 saturated heterocycles. The molecule has 1 aromatic heterocycles. The highest BCUT2D eigenvalue weighted by molar-refractivity contribution is 9.10. The third-order valence-electron chi connectivity index (χ3n) is 2.99. The van der Waals surface area contributed by atoms with Gasteiger partial charge in [0.1, 0.15) is 0 Å². The molecule has 0 aliphatic carbocycles. The van der Waals surface area contributed by atoms with E-state index in [9.17, 15) is 0 Å². The summed E-state index contributed by atoms with van der Waals surface area (Å²) in [6, 6.07) is 6.13. The number of rotatable bonds is 3. The Morgan fingerprint density at radius 3 is 2.39 bits per heavy atom. The average molecular weight is 309 g/mol. The summed E-state index contributed by atoms with van der Waals surface area (Å²) in [7, 11) is 1.90. The van der Waals surface area contributed by atoms with Gasteiger partial charge in [-0.05, 0) is 36.6 Å². The Morgan fingerprint density at radius 1 is 1.33 bits per heavy atom. The van der Waals surface area contributed by atoms with E-state index in [1.54, 1.807) is 4.68 Å². The van der Waals surface area contributed by atoms with Crippen molar-refractivity contribution in [1.82, 2.24) is 15.2 Å². The lowest BCUT2D eigenvalue weighted by atomic mass is 10.00. The minimum atomic E-state index is -0.0864. The topological polar surface area (TPSA) is 55.9 Å². The van der Waals surface area contributed by atoms with Crippen LogP contribution in [-0.2, 0) is 7.05 Å². The van der Waals surface area contributed by atoms with Gasteiger partial charge in [-0.2, -0.15) is 5.10 Å². The molecule has 0 fully saturated rings. The Kier molecular flexibility index (Phi) is 3.85. The van der Waals surface area contributed by atoms with Crippen LogP contribution in [0.25, 0.3) is 0 Å². The maximum atomic E-state index is 5.67. The normalized spacial score (nSPS) is 12.7. The first-order chi connectivity index (χ1) is 8.52. The molecule has 0 bridgehead atoms. The fourth-order valence-corrected chi connectivity index (χ4v) is 2.31. The predicted molar refractivity (Wildman–Crippen MR) is 76.0 cm³/mol. The lowest BCUT2D eigenvalue weighted by Crippen LogP contribution is -2.29. The zero-order chi connectivity index (χ0) is 13.3. The Labute approximate surface area is 115 Å². The second-order valence-corrected chi connectivity index (χ2v) is 5.28. The number of nitrogens with zero attached hydrogens (tertiary/aromatic N) is 2. The Hall–Kier alpha value is -1.17. The molecule has 0 spiro atoms. The van der Waals surface area contributed by atoms with Crippen molar-refractivity contribution in [3.63, 3.8) is 0 Å². The summed E-state index contributed by atoms with van der Waals surface area (Å²) < 4.78 is 2.92. The van der Waals surface area contributed by atoms with Crippen molar-refractivity contribution in [3.05, 3.63) is 51.3 Å². The number of benzene rings is 1. The maximum Gasteiger partial charge on any atom is 0.0900 e. The van der Waals surface area contributed by atoms with E-state index in [-0.39, 0.29) is 6.04 Å². The van der Waals surface area contributed by atoms with Gasteiger partial charge in [-0.1, -0.05) is 28.1 Å². The van der Waals surface area contributed by atoms with Gasteiger partial charge in [0.2, 0.25) is 0 Å². The average Bonchev–Trinajstić information content (AvgIpc) is 2.73. The lowest BCUT2D eigenvalue weighted by Gasteiger charge is -2.16. The highest BCUT2D eigenvalue weighted by Gasteiger charge is 2.16. The SMILES string of the molecule is Cc1cc(C(NN)c2ccn(C)n2)cc(C)c1Br. The molecule has 5 heteroatoms. The van der Waals surface area contributed by atoms with Gasteiger partial charge in [-0.3, -0.25) is 10.5 Å². The standard InChI is InChI=1S/C13H17BrN4/c1-8-6-10(7-9(2)12(8)14)13(16-15)11-4-5-18(3)17-11/h4-7,13,16H,15H2,1-3H3. The summed E-state index contributed by atoms with van der Waals surface area (Å²) in [5.41, 5.74) is 7.26. The Bertz CT molecular complexity index is 539. The number of nitrogens with one attached hydrogen (secondary N) is 1. The largest absolute Gasteiger partial charge is 0.275 e. The molecule has 2 rings (SSSR count). The number of nitrogens with two attached hydrogens (primary N) is 1. The zero-order valence-electron chi connectivity index (χ0n) is 10.7. The van der Waals surface area contributed by atoms with E-state index < -0.39 is 0 Å². The Balaban J connectivity index is 2.45. The first-order valence-corrected chi connectivity index (χ1v) is 6.54. The molecule has 0 aliphatic heterocycles. The van der Waals surface area contributed by atoms with Crippen LogP contribution in [0.3, 0.4) is 0 Å². The number of aromatic nitrogens is 2. The molecule has 0 aliphatic rings. The molecular weight excluding hydrogens is 292 g/mol. The summed E-state index contributed by atoms with van der Waals surface area (Å²) in [6.07, 6.45) is 1.91. The van der Waals surface area contributed by atoms with Gasteiger partial charge >= 0.3 is 0 Å². The van der Waals surface area contributed by atoms with Gasteiger partial charge in [0.25, 0.3) is 0 Å². The number of hydrogen-bond donors (Lipinski definition) is 2. The molecule has 1 unspecified atom stereocenters. The first-order valence-electron chi connectivity index (χ1n) is 5.75. The molecule has 3 N–H and O–H groups in total. The van der Waals surface area contributed by atoms with Gasteiger partial charge < -0.3 is 0 Å². The van der Waals surface area contributed by atoms with Gasteiger partial charge in [0.15, 0.2) is 0 Å². The molecule has 4 nitrogen and oxygen atoms in total. The van der Waals surface area contributed by atoms with Crippen molar-refractivity contribution in [2.24, 2.45) is 12.9 Å². The fourth-order valence-electron chi connectivity index (χ4n) is 2.09. The second-order valence-electron chi connectivity index (χ2n) is 4.48. The minimum absolute atomic E-state index is 0.0864. The molecule has 0 radical (unpaired) electrons. The molecular formula is C13H17BrN4. The molecule has 2 aromatic rings. The third kappa shape index (κ3) is 2.48. The summed E-state index contributed by atoms with van der Waals surface area (Å²) in [5, 5.41) is 4.40. The van der Waals surface area contributed by atoms with Crippen LogP contribution < -0.4 is 11.3 Å². The molecule has 0 saturated carbocycles. The molecule has 1 heterocycles. The summed E-state index contributed by atoms with van der Waals surface area (Å²) >= 11 is 3.57. The van der Waals surface area contributed by atoms with Crippen LogP contribution in [0.5, 0.6) is 0 Å². The van der Waals surface area contributed by atoms with Crippen LogP contribution in [0.4, 0.5) is 0 Å². The van der Waals surface area contributed by atoms with Crippen LogP contribution in [0.1, 0.15) is 28.4 Å². The van der Waals surface area contributed by atoms with Crippen molar-refractivity contribution in [2.75, 3.05) is 0 Å². The van der Waals surface area contributed by atoms with Gasteiger partial charge in [0, 0.05) is 17.7 Å². The zero-order valence-corrected chi connectivity index (χ0v) is 12.3. The van der Waals surface area contributed by atoms with E-state index in [2.05, 4.69) is 52.4 Å². The highest BCUT2D eigenvalue weighted by Crippen LogP contribution is 2.27. The second kappa shape index (κ2) is 5.22. The quantitative estimate of drug-likeness (QED) is 0.676. The monoisotopic (exact) mass is 308 g/mol. The van der Waals surface area contributed by atoms with Crippen LogP contribution >= 0.6 is 15.9 Å². The van der Waals surface area contributed by atoms with Crippen molar-refractivity contribution >= 4 is 15.9 Å². The van der Waals surface area contributed by atoms with E-state index in [0.717, 1.165) is 15.7 Å². The highest BCUT2D eigenvalue weighted by atomic mass is 79.9. The van der Waals surface area contributed by atoms with Gasteiger partial charge in [0.05, 0.1) is 11.7 Å². The van der Waals surface area contributed by atoms with Crippen LogP contribution in [0.15, 0.2) is 28.9 Å². The number of aryl methyl sites for hydroxylation is 3. The molecule has 1 atom stereocenters. The van der Waals surface area contributed by atoms with Crippen molar-refractivity contribution < 1.29 is 0 Å².